The summed E-state index contributed by atoms with van der Waals surface area (Å²) in [6.45, 7) is 22.2. The first-order valence-electron chi connectivity index (χ1n) is 15.8. The molecule has 5 rings (SSSR count). The van der Waals surface area contributed by atoms with Crippen molar-refractivity contribution in [3.63, 3.8) is 0 Å². The first kappa shape index (κ1) is 37.5. The van der Waals surface area contributed by atoms with Crippen LogP contribution in [0.4, 0.5) is 0 Å². The molecule has 1 aromatic carbocycles. The molecule has 0 saturated heterocycles. The molecule has 0 bridgehead atoms. The maximum atomic E-state index is 4.93. The molecular weight excluding hydrogens is 655 g/mol. The van der Waals surface area contributed by atoms with Gasteiger partial charge in [-0.2, -0.15) is 0 Å². The second-order valence-electron chi connectivity index (χ2n) is 16.2. The second kappa shape index (κ2) is 15.1. The van der Waals surface area contributed by atoms with Crippen molar-refractivity contribution in [3.8, 4) is 0 Å². The molecule has 4 aliphatic carbocycles. The molecule has 0 aromatic heterocycles. The van der Waals surface area contributed by atoms with E-state index in [9.17, 15) is 0 Å². The van der Waals surface area contributed by atoms with E-state index in [-0.39, 0.29) is 14.9 Å². The number of hydrogen-bond acceptors (Lipinski definition) is 0. The third-order valence-electron chi connectivity index (χ3n) is 12.6. The minimum atomic E-state index is -1.35. The Kier molecular flexibility index (Phi) is 14.1. The van der Waals surface area contributed by atoms with Gasteiger partial charge in [-0.15, -0.1) is 0 Å². The zero-order chi connectivity index (χ0) is 27.9. The Hall–Kier alpha value is 1.33. The Labute approximate surface area is 272 Å². The van der Waals surface area contributed by atoms with Gasteiger partial charge in [0.25, 0.3) is 0 Å². The molecule has 9 unspecified atom stereocenters. The molecule has 40 heavy (non-hydrogen) atoms. The summed E-state index contributed by atoms with van der Waals surface area (Å²) in [6, 6.07) is 13.5. The molecule has 1 aromatic rings. The van der Waals surface area contributed by atoms with E-state index in [0.717, 1.165) is 52.5 Å². The van der Waals surface area contributed by atoms with E-state index in [0.29, 0.717) is 0 Å². The zero-order valence-electron chi connectivity index (χ0n) is 27.7. The third kappa shape index (κ3) is 7.75. The van der Waals surface area contributed by atoms with Gasteiger partial charge >= 0.3 is 37.9 Å². The first-order valence-corrected chi connectivity index (χ1v) is 33.0. The first-order chi connectivity index (χ1) is 17.8. The number of benzene rings is 1. The third-order valence-corrected chi connectivity index (χ3v) is 35.2. The summed E-state index contributed by atoms with van der Waals surface area (Å²) in [5.74, 6) is 6.89. The molecule has 0 N–H and O–H groups in total. The van der Waals surface area contributed by atoms with Crippen LogP contribution in [0.5, 0.6) is 0 Å². The average molecular weight is 717 g/mol. The van der Waals surface area contributed by atoms with Crippen molar-refractivity contribution in [2.24, 2.45) is 35.5 Å². The number of halogens is 2. The number of hydrogen-bond donors (Lipinski definition) is 0. The molecule has 0 spiro atoms. The van der Waals surface area contributed by atoms with Gasteiger partial charge < -0.3 is 14.9 Å². The molecule has 0 radical (unpaired) electrons. The molecule has 228 valence electrons. The van der Waals surface area contributed by atoms with Gasteiger partial charge in [0.05, 0.1) is 0 Å². The Balaban J connectivity index is 0.00000107. The summed E-state index contributed by atoms with van der Waals surface area (Å²) < 4.78 is 0. The molecule has 0 heterocycles. The molecular formula is C34H62Cl2Si3Zr. The van der Waals surface area contributed by atoms with Gasteiger partial charge in [-0.1, -0.05) is 121 Å². The van der Waals surface area contributed by atoms with E-state index < -0.39 is 44.1 Å². The van der Waals surface area contributed by atoms with E-state index in [2.05, 4.69) is 83.1 Å². The molecule has 4 fully saturated rings. The van der Waals surface area contributed by atoms with E-state index in [1.165, 1.54) is 25.7 Å². The van der Waals surface area contributed by atoms with E-state index >= 15 is 0 Å². The van der Waals surface area contributed by atoms with Crippen LogP contribution in [0.2, 0.25) is 63.0 Å². The van der Waals surface area contributed by atoms with Crippen molar-refractivity contribution in [1.29, 1.82) is 0 Å². The summed E-state index contributed by atoms with van der Waals surface area (Å²) in [5, 5.41) is 0. The zero-order valence-corrected chi connectivity index (χ0v) is 34.7. The molecule has 0 aliphatic heterocycles. The molecule has 0 nitrogen and oxygen atoms in total. The fourth-order valence-electron chi connectivity index (χ4n) is 10.8. The van der Waals surface area contributed by atoms with Crippen LogP contribution in [0.3, 0.4) is 0 Å². The Morgan fingerprint density at radius 2 is 1.38 bits per heavy atom. The van der Waals surface area contributed by atoms with Crippen LogP contribution < -0.4 is 0 Å². The van der Waals surface area contributed by atoms with Crippen LogP contribution in [0, 0.1) is 50.4 Å². The van der Waals surface area contributed by atoms with Gasteiger partial charge in [0, 0.05) is 23.3 Å². The summed E-state index contributed by atoms with van der Waals surface area (Å²) in [4.78, 5) is 0. The predicted octanol–water partition coefficient (Wildman–Crippen LogP) is 12.5. The van der Waals surface area contributed by atoms with E-state index in [1.54, 1.807) is 37.3 Å². The SMILES string of the molecule is CC1CC2C(CC3CCCC3C2c2ccccc2)C1[Si](C)(C)[Si](C)(C)C1CCC(C[Si](C)(C)C)C1.[CH3-].[CH3-].[Cl][Zr+2][Cl]. The second-order valence-corrected chi connectivity index (χ2v) is 41.6. The summed E-state index contributed by atoms with van der Waals surface area (Å²) in [7, 11) is 6.30. The van der Waals surface area contributed by atoms with Crippen LogP contribution in [0.15, 0.2) is 30.3 Å². The molecule has 9 atom stereocenters. The van der Waals surface area contributed by atoms with Crippen molar-refractivity contribution in [3.05, 3.63) is 50.7 Å². The van der Waals surface area contributed by atoms with Crippen LogP contribution in [0.25, 0.3) is 0 Å². The molecule has 0 amide bonds. The average Bonchev–Trinajstić information content (AvgIpc) is 3.55. The van der Waals surface area contributed by atoms with E-state index in [1.807, 2.05) is 0 Å². The van der Waals surface area contributed by atoms with Crippen molar-refractivity contribution >= 4 is 40.3 Å². The van der Waals surface area contributed by atoms with Crippen molar-refractivity contribution < 1.29 is 20.8 Å². The number of rotatable bonds is 6. The summed E-state index contributed by atoms with van der Waals surface area (Å²) in [5.41, 5.74) is 3.90. The monoisotopic (exact) mass is 714 g/mol. The Morgan fingerprint density at radius 3 is 1.98 bits per heavy atom. The van der Waals surface area contributed by atoms with Crippen LogP contribution >= 0.6 is 17.0 Å². The fourth-order valence-corrected chi connectivity index (χ4v) is 27.7. The molecule has 4 saturated carbocycles. The Morgan fingerprint density at radius 1 is 0.750 bits per heavy atom. The van der Waals surface area contributed by atoms with Crippen molar-refractivity contribution in [2.75, 3.05) is 0 Å². The molecule has 4 aliphatic rings. The van der Waals surface area contributed by atoms with Crippen molar-refractivity contribution in [2.45, 2.75) is 127 Å². The van der Waals surface area contributed by atoms with Crippen molar-refractivity contribution in [1.82, 2.24) is 0 Å². The van der Waals surface area contributed by atoms with Gasteiger partial charge in [-0.25, -0.2) is 0 Å². The van der Waals surface area contributed by atoms with E-state index in [4.69, 9.17) is 17.0 Å². The van der Waals surface area contributed by atoms with Crippen LogP contribution in [-0.2, 0) is 20.8 Å². The standard InChI is InChI=1S/C32H56Si3.2CH3.2ClH.Zr/c1-23-19-29-30(21-26-15-12-16-28(26)31(29)25-13-10-9-11-14-25)32(23)35(7,8)34(5,6)27-18-17-24(20-27)22-33(2,3)4;;;;;/h9-11,13-14,23-24,26-32H,12,15-22H2,1-8H3;2*1H3;2*1H;/q;2*-1;;;+4/p-2. The minimum absolute atomic E-state index is 0. The number of fused-ring (bicyclic) bond motifs is 2. The normalized spacial score (nSPS) is 35.3. The summed E-state index contributed by atoms with van der Waals surface area (Å²) in [6.07, 6.45) is 12.4. The van der Waals surface area contributed by atoms with Gasteiger partial charge in [0.15, 0.2) is 0 Å². The summed E-state index contributed by atoms with van der Waals surface area (Å²) >= 11 is -0.826. The topological polar surface area (TPSA) is 0 Å². The van der Waals surface area contributed by atoms with Crippen LogP contribution in [-0.4, -0.2) is 23.3 Å². The van der Waals surface area contributed by atoms with Gasteiger partial charge in [0.2, 0.25) is 0 Å². The fraction of sp³-hybridized carbons (Fsp3) is 0.765. The van der Waals surface area contributed by atoms with Crippen LogP contribution in [0.1, 0.15) is 69.8 Å². The quantitative estimate of drug-likeness (QED) is 0.203. The predicted molar refractivity (Wildman–Crippen MR) is 188 cm³/mol. The van der Waals surface area contributed by atoms with Gasteiger partial charge in [0.1, 0.15) is 0 Å². The molecule has 6 heteroatoms. The van der Waals surface area contributed by atoms with Gasteiger partial charge in [-0.05, 0) is 77.3 Å². The maximum absolute atomic E-state index is 4.93. The van der Waals surface area contributed by atoms with Gasteiger partial charge in [-0.3, -0.25) is 0 Å². The Bertz CT molecular complexity index is 902.